The van der Waals surface area contributed by atoms with E-state index in [1.54, 1.807) is 34.8 Å². The Balaban J connectivity index is 1.23. The molecule has 2 aliphatic rings. The molecule has 1 aliphatic carbocycles. The van der Waals surface area contributed by atoms with Crippen molar-refractivity contribution in [2.75, 3.05) is 36.8 Å². The average Bonchev–Trinajstić information content (AvgIpc) is 3.55. The number of aromatic nitrogens is 2. The van der Waals surface area contributed by atoms with E-state index in [9.17, 15) is 13.2 Å². The number of hydrogen-bond donors (Lipinski definition) is 0. The standard InChI is InChI=1S/C33H35ClN4O4S/c34-27-14-9-15-28(22-27)38-33(39)32(42-29-16-7-8-17-29)31(23-35-38)36-18-20-37(21-19-36)43(40,41)24-30(25-10-3-1-4-11-25)26-12-5-2-6-13-26/h1-6,9-15,22-23,29-30H,7-8,16-21,24H2. The van der Waals surface area contributed by atoms with E-state index in [2.05, 4.69) is 5.10 Å². The third kappa shape index (κ3) is 6.64. The number of anilines is 1. The van der Waals surface area contributed by atoms with Crippen LogP contribution >= 0.6 is 11.6 Å². The minimum absolute atomic E-state index is 0.0195. The van der Waals surface area contributed by atoms with Crippen molar-refractivity contribution in [2.24, 2.45) is 0 Å². The van der Waals surface area contributed by atoms with Crippen molar-refractivity contribution in [2.45, 2.75) is 37.7 Å². The fraction of sp³-hybridized carbons (Fsp3) is 0.333. The summed E-state index contributed by atoms with van der Waals surface area (Å²) in [5.74, 6) is -0.0413. The van der Waals surface area contributed by atoms with E-state index in [-0.39, 0.29) is 29.1 Å². The molecule has 10 heteroatoms. The Morgan fingerprint density at radius 2 is 1.49 bits per heavy atom. The molecule has 0 radical (unpaired) electrons. The second-order valence-corrected chi connectivity index (χ2v) is 13.6. The van der Waals surface area contributed by atoms with Crippen LogP contribution in [0.15, 0.2) is 95.9 Å². The zero-order chi connectivity index (χ0) is 29.8. The highest BCUT2D eigenvalue weighted by Crippen LogP contribution is 2.32. The zero-order valence-corrected chi connectivity index (χ0v) is 25.5. The topological polar surface area (TPSA) is 84.7 Å². The SMILES string of the molecule is O=c1c(OC2CCCC2)c(N2CCN(S(=O)(=O)CC(c3ccccc3)c3ccccc3)CC2)cnn1-c1cccc(Cl)c1. The Labute approximate surface area is 257 Å². The molecule has 8 nitrogen and oxygen atoms in total. The first-order valence-electron chi connectivity index (χ1n) is 14.8. The Morgan fingerprint density at radius 3 is 2.09 bits per heavy atom. The van der Waals surface area contributed by atoms with Gasteiger partial charge in [0.25, 0.3) is 0 Å². The summed E-state index contributed by atoms with van der Waals surface area (Å²) in [5.41, 5.74) is 2.74. The normalized spacial score (nSPS) is 16.6. The fourth-order valence-corrected chi connectivity index (χ4v) is 7.93. The van der Waals surface area contributed by atoms with Gasteiger partial charge in [-0.2, -0.15) is 14.1 Å². The molecule has 1 saturated heterocycles. The molecule has 1 aliphatic heterocycles. The van der Waals surface area contributed by atoms with Gasteiger partial charge in [0.05, 0.1) is 23.7 Å². The van der Waals surface area contributed by atoms with Crippen molar-refractivity contribution < 1.29 is 13.2 Å². The summed E-state index contributed by atoms with van der Waals surface area (Å²) in [6.07, 6.45) is 5.55. The van der Waals surface area contributed by atoms with Gasteiger partial charge in [0.2, 0.25) is 15.8 Å². The summed E-state index contributed by atoms with van der Waals surface area (Å²) in [7, 11) is -3.59. The first-order chi connectivity index (χ1) is 20.9. The van der Waals surface area contributed by atoms with E-state index >= 15 is 0 Å². The van der Waals surface area contributed by atoms with Crippen LogP contribution in [0.25, 0.3) is 5.69 Å². The molecule has 6 rings (SSSR count). The molecule has 4 aromatic rings. The van der Waals surface area contributed by atoms with Crippen LogP contribution in [-0.4, -0.2) is 60.5 Å². The van der Waals surface area contributed by atoms with Crippen LogP contribution in [-0.2, 0) is 10.0 Å². The predicted octanol–water partition coefficient (Wildman–Crippen LogP) is 5.49. The fourth-order valence-electron chi connectivity index (χ4n) is 6.01. The van der Waals surface area contributed by atoms with Crippen LogP contribution in [0.2, 0.25) is 5.02 Å². The molecular weight excluding hydrogens is 584 g/mol. The van der Waals surface area contributed by atoms with Crippen molar-refractivity contribution in [3.8, 4) is 11.4 Å². The third-order valence-corrected chi connectivity index (χ3v) is 10.4. The number of ether oxygens (including phenoxy) is 1. The molecule has 3 aromatic carbocycles. The summed E-state index contributed by atoms with van der Waals surface area (Å²) in [6.45, 7) is 1.45. The minimum atomic E-state index is -3.59. The Hall–Kier alpha value is -3.66. The van der Waals surface area contributed by atoms with Crippen LogP contribution in [0.4, 0.5) is 5.69 Å². The largest absolute Gasteiger partial charge is 0.483 e. The molecule has 2 fully saturated rings. The predicted molar refractivity (Wildman–Crippen MR) is 170 cm³/mol. The lowest BCUT2D eigenvalue weighted by molar-refractivity contribution is 0.205. The molecule has 1 aromatic heterocycles. The molecule has 2 heterocycles. The molecule has 0 N–H and O–H groups in total. The smallest absolute Gasteiger partial charge is 0.316 e. The molecule has 0 spiro atoms. The van der Waals surface area contributed by atoms with E-state index < -0.39 is 10.0 Å². The van der Waals surface area contributed by atoms with Crippen molar-refractivity contribution >= 4 is 27.3 Å². The summed E-state index contributed by atoms with van der Waals surface area (Å²) in [6, 6.07) is 26.6. The van der Waals surface area contributed by atoms with Gasteiger partial charge < -0.3 is 9.64 Å². The molecule has 1 saturated carbocycles. The van der Waals surface area contributed by atoms with Crippen LogP contribution < -0.4 is 15.2 Å². The number of sulfonamides is 1. The summed E-state index contributed by atoms with van der Waals surface area (Å²) in [5, 5.41) is 4.97. The number of nitrogens with zero attached hydrogens (tertiary/aromatic N) is 4. The molecule has 0 bridgehead atoms. The summed E-state index contributed by atoms with van der Waals surface area (Å²) >= 11 is 6.19. The number of rotatable bonds is 9. The monoisotopic (exact) mass is 618 g/mol. The lowest BCUT2D eigenvalue weighted by atomic mass is 9.93. The Bertz CT molecular complexity index is 1660. The van der Waals surface area contributed by atoms with Gasteiger partial charge in [-0.05, 0) is 55.0 Å². The molecule has 43 heavy (non-hydrogen) atoms. The highest BCUT2D eigenvalue weighted by molar-refractivity contribution is 7.89. The molecule has 0 atom stereocenters. The van der Waals surface area contributed by atoms with E-state index in [1.807, 2.05) is 65.6 Å². The van der Waals surface area contributed by atoms with Gasteiger partial charge in [0, 0.05) is 37.1 Å². The number of benzene rings is 3. The van der Waals surface area contributed by atoms with Gasteiger partial charge in [-0.1, -0.05) is 78.3 Å². The number of piperazine rings is 1. The first-order valence-corrected chi connectivity index (χ1v) is 16.8. The maximum atomic E-state index is 13.8. The summed E-state index contributed by atoms with van der Waals surface area (Å²) in [4.78, 5) is 15.8. The lowest BCUT2D eigenvalue weighted by Crippen LogP contribution is -2.50. The zero-order valence-electron chi connectivity index (χ0n) is 23.9. The van der Waals surface area contributed by atoms with E-state index in [0.29, 0.717) is 42.6 Å². The highest BCUT2D eigenvalue weighted by Gasteiger charge is 2.33. The van der Waals surface area contributed by atoms with Crippen LogP contribution in [0.3, 0.4) is 0 Å². The van der Waals surface area contributed by atoms with Crippen molar-refractivity contribution in [3.63, 3.8) is 0 Å². The molecule has 0 unspecified atom stereocenters. The highest BCUT2D eigenvalue weighted by atomic mass is 35.5. The van der Waals surface area contributed by atoms with Crippen molar-refractivity contribution in [1.82, 2.24) is 14.1 Å². The molecule has 0 amide bonds. The Kier molecular flexibility index (Phi) is 8.83. The van der Waals surface area contributed by atoms with Crippen LogP contribution in [0, 0.1) is 0 Å². The lowest BCUT2D eigenvalue weighted by Gasteiger charge is -2.36. The van der Waals surface area contributed by atoms with Crippen LogP contribution in [0.5, 0.6) is 5.75 Å². The minimum Gasteiger partial charge on any atom is -0.483 e. The molecule has 224 valence electrons. The first kappa shape index (κ1) is 29.4. The van der Waals surface area contributed by atoms with Gasteiger partial charge in [0.15, 0.2) is 0 Å². The van der Waals surface area contributed by atoms with E-state index in [0.717, 1.165) is 36.8 Å². The summed E-state index contributed by atoms with van der Waals surface area (Å²) < 4.78 is 36.8. The number of hydrogen-bond acceptors (Lipinski definition) is 6. The van der Waals surface area contributed by atoms with Gasteiger partial charge >= 0.3 is 5.56 Å². The van der Waals surface area contributed by atoms with Gasteiger partial charge in [-0.25, -0.2) is 8.42 Å². The molecular formula is C33H35ClN4O4S. The van der Waals surface area contributed by atoms with Gasteiger partial charge in [-0.15, -0.1) is 0 Å². The second kappa shape index (κ2) is 12.9. The quantitative estimate of drug-likeness (QED) is 0.247. The van der Waals surface area contributed by atoms with Crippen LogP contribution in [0.1, 0.15) is 42.7 Å². The average molecular weight is 619 g/mol. The van der Waals surface area contributed by atoms with Gasteiger partial charge in [0.1, 0.15) is 5.69 Å². The number of halogens is 1. The van der Waals surface area contributed by atoms with Crippen molar-refractivity contribution in [1.29, 1.82) is 0 Å². The maximum Gasteiger partial charge on any atom is 0.316 e. The Morgan fingerprint density at radius 1 is 0.860 bits per heavy atom. The second-order valence-electron chi connectivity index (χ2n) is 11.1. The maximum absolute atomic E-state index is 13.8. The van der Waals surface area contributed by atoms with Crippen molar-refractivity contribution in [3.05, 3.63) is 118 Å². The van der Waals surface area contributed by atoms with E-state index in [1.165, 1.54) is 4.68 Å². The van der Waals surface area contributed by atoms with E-state index in [4.69, 9.17) is 16.3 Å². The third-order valence-electron chi connectivity index (χ3n) is 8.31. The van der Waals surface area contributed by atoms with Gasteiger partial charge in [-0.3, -0.25) is 4.79 Å².